The first-order valence-corrected chi connectivity index (χ1v) is 10.9. The first kappa shape index (κ1) is 29.0. The van der Waals surface area contributed by atoms with Crippen molar-refractivity contribution in [2.45, 2.75) is 58.4 Å². The van der Waals surface area contributed by atoms with Gasteiger partial charge in [-0.3, -0.25) is 14.4 Å². The number of unbranched alkanes of at least 4 members (excludes halogenated alkanes) is 1. The van der Waals surface area contributed by atoms with Crippen molar-refractivity contribution >= 4 is 23.5 Å². The Kier molecular flexibility index (Phi) is 16.5. The van der Waals surface area contributed by atoms with Gasteiger partial charge in [0.15, 0.2) is 11.6 Å². The van der Waals surface area contributed by atoms with Crippen LogP contribution in [-0.2, 0) is 23.9 Å². The van der Waals surface area contributed by atoms with Gasteiger partial charge < -0.3 is 31.6 Å². The number of rotatable bonds is 19. The highest BCUT2D eigenvalue weighted by atomic mass is 16.5. The molecule has 0 aromatic heterocycles. The number of ether oxygens (including phenoxy) is 2. The summed E-state index contributed by atoms with van der Waals surface area (Å²) >= 11 is 0. The van der Waals surface area contributed by atoms with Gasteiger partial charge in [0.25, 0.3) is 0 Å². The van der Waals surface area contributed by atoms with Gasteiger partial charge in [0, 0.05) is 39.0 Å². The van der Waals surface area contributed by atoms with E-state index in [1.54, 1.807) is 7.11 Å². The first-order chi connectivity index (χ1) is 14.7. The molecule has 0 heterocycles. The number of Topliss-reactive ketones (excluding diaryl/α,β-unsaturated/α-hetero) is 2. The molecule has 0 rings (SSSR count). The number of hydrogen-bond donors (Lipinski definition) is 4. The van der Waals surface area contributed by atoms with Gasteiger partial charge in [0.05, 0.1) is 25.8 Å². The van der Waals surface area contributed by atoms with Gasteiger partial charge in [-0.2, -0.15) is 0 Å². The number of ketones is 2. The summed E-state index contributed by atoms with van der Waals surface area (Å²) in [5.41, 5.74) is 10.9. The van der Waals surface area contributed by atoms with Crippen LogP contribution in [0, 0.1) is 11.8 Å². The van der Waals surface area contributed by atoms with Crippen molar-refractivity contribution in [3.8, 4) is 0 Å². The van der Waals surface area contributed by atoms with Gasteiger partial charge in [0.1, 0.15) is 0 Å². The molecule has 0 fully saturated rings. The van der Waals surface area contributed by atoms with Crippen molar-refractivity contribution in [2.24, 2.45) is 23.3 Å². The van der Waals surface area contributed by atoms with Gasteiger partial charge in [-0.25, -0.2) is 4.79 Å². The van der Waals surface area contributed by atoms with Crippen LogP contribution in [0.25, 0.3) is 0 Å². The lowest BCUT2D eigenvalue weighted by Gasteiger charge is -2.20. The predicted molar refractivity (Wildman–Crippen MR) is 117 cm³/mol. The number of nitrogens with one attached hydrogen (secondary N) is 2. The van der Waals surface area contributed by atoms with E-state index in [2.05, 4.69) is 10.6 Å². The quantitative estimate of drug-likeness (QED) is 0.211. The molecule has 0 spiro atoms. The summed E-state index contributed by atoms with van der Waals surface area (Å²) < 4.78 is 10.2. The van der Waals surface area contributed by atoms with Gasteiger partial charge in [0.2, 0.25) is 5.91 Å². The van der Waals surface area contributed by atoms with Crippen LogP contribution in [0.1, 0.15) is 52.4 Å². The molecule has 10 heteroatoms. The minimum atomic E-state index is -0.646. The summed E-state index contributed by atoms with van der Waals surface area (Å²) in [6, 6.07) is -1.29. The Morgan fingerprint density at radius 3 is 2.29 bits per heavy atom. The molecule has 10 nitrogen and oxygen atoms in total. The molecule has 31 heavy (non-hydrogen) atoms. The summed E-state index contributed by atoms with van der Waals surface area (Å²) in [6.45, 7) is 5.53. The van der Waals surface area contributed by atoms with E-state index in [1.165, 1.54) is 0 Å². The molecule has 180 valence electrons. The van der Waals surface area contributed by atoms with Crippen LogP contribution in [0.5, 0.6) is 0 Å². The fourth-order valence-electron chi connectivity index (χ4n) is 2.83. The zero-order valence-corrected chi connectivity index (χ0v) is 19.1. The van der Waals surface area contributed by atoms with E-state index in [0.717, 1.165) is 6.42 Å². The molecule has 0 saturated carbocycles. The molecule has 0 radical (unpaired) electrons. The third-order valence-electron chi connectivity index (χ3n) is 4.82. The monoisotopic (exact) mass is 444 g/mol. The van der Waals surface area contributed by atoms with Crippen molar-refractivity contribution in [1.29, 1.82) is 0 Å². The largest absolute Gasteiger partial charge is 0.382 e. The third kappa shape index (κ3) is 15.4. The molecule has 2 unspecified atom stereocenters. The fraction of sp³-hybridized carbons (Fsp3) is 0.810. The molecule has 0 aromatic rings. The Bertz CT molecular complexity index is 556. The van der Waals surface area contributed by atoms with Gasteiger partial charge in [-0.05, 0) is 31.6 Å². The van der Waals surface area contributed by atoms with Crippen LogP contribution in [0.15, 0.2) is 0 Å². The number of nitrogens with two attached hydrogens (primary N) is 2. The molecular formula is C21H40N4O6. The number of carbonyl (C=O) groups excluding carboxylic acids is 4. The molecule has 0 aliphatic rings. The number of amides is 3. The Hall–Kier alpha value is -2.04. The van der Waals surface area contributed by atoms with E-state index in [0.29, 0.717) is 52.0 Å². The van der Waals surface area contributed by atoms with Crippen molar-refractivity contribution in [3.63, 3.8) is 0 Å². The smallest absolute Gasteiger partial charge is 0.312 e. The lowest BCUT2D eigenvalue weighted by molar-refractivity contribution is -0.131. The fourth-order valence-corrected chi connectivity index (χ4v) is 2.83. The summed E-state index contributed by atoms with van der Waals surface area (Å²) in [5, 5.41) is 5.09. The number of urea groups is 1. The highest BCUT2D eigenvalue weighted by Crippen LogP contribution is 2.15. The normalized spacial score (nSPS) is 12.9. The average Bonchev–Trinajstić information content (AvgIpc) is 2.72. The molecule has 0 saturated heterocycles. The van der Waals surface area contributed by atoms with E-state index in [-0.39, 0.29) is 36.4 Å². The van der Waals surface area contributed by atoms with Crippen LogP contribution in [-0.4, -0.2) is 69.6 Å². The van der Waals surface area contributed by atoms with Crippen LogP contribution >= 0.6 is 0 Å². The molecule has 3 amide bonds. The maximum absolute atomic E-state index is 12.6. The topological polar surface area (TPSA) is 163 Å². The predicted octanol–water partition coefficient (Wildman–Crippen LogP) is 0.512. The van der Waals surface area contributed by atoms with Crippen molar-refractivity contribution < 1.29 is 28.7 Å². The molecule has 0 aliphatic heterocycles. The minimum Gasteiger partial charge on any atom is -0.382 e. The lowest BCUT2D eigenvalue weighted by Crippen LogP contribution is -2.41. The molecule has 6 N–H and O–H groups in total. The minimum absolute atomic E-state index is 0.00520. The Balaban J connectivity index is 4.44. The molecule has 0 aliphatic carbocycles. The number of methoxy groups -OCH3 is 1. The zero-order valence-electron chi connectivity index (χ0n) is 19.1. The number of carbonyl (C=O) groups is 4. The highest BCUT2D eigenvalue weighted by molar-refractivity contribution is 5.91. The molecule has 2 atom stereocenters. The highest BCUT2D eigenvalue weighted by Gasteiger charge is 2.26. The summed E-state index contributed by atoms with van der Waals surface area (Å²) in [4.78, 5) is 47.8. The van der Waals surface area contributed by atoms with Crippen molar-refractivity contribution in [3.05, 3.63) is 0 Å². The van der Waals surface area contributed by atoms with Crippen LogP contribution < -0.4 is 22.1 Å². The summed E-state index contributed by atoms with van der Waals surface area (Å²) in [7, 11) is 1.60. The number of primary amides is 1. The Morgan fingerprint density at radius 2 is 1.68 bits per heavy atom. The number of hydrogen-bond acceptors (Lipinski definition) is 7. The maximum atomic E-state index is 12.6. The van der Waals surface area contributed by atoms with Gasteiger partial charge in [-0.15, -0.1) is 0 Å². The van der Waals surface area contributed by atoms with E-state index < -0.39 is 18.0 Å². The van der Waals surface area contributed by atoms with Crippen molar-refractivity contribution in [1.82, 2.24) is 10.6 Å². The van der Waals surface area contributed by atoms with Gasteiger partial charge >= 0.3 is 6.03 Å². The van der Waals surface area contributed by atoms with Crippen molar-refractivity contribution in [2.75, 3.05) is 40.0 Å². The van der Waals surface area contributed by atoms with E-state index in [4.69, 9.17) is 20.9 Å². The SMILES string of the molecule is COCCOCCCCC(=O)CNC(=O)C(CCCNC(N)=O)CC(=O)C(N)C(C)C. The molecule has 0 bridgehead atoms. The summed E-state index contributed by atoms with van der Waals surface area (Å²) in [6.07, 6.45) is 2.61. The zero-order chi connectivity index (χ0) is 23.6. The van der Waals surface area contributed by atoms with Crippen LogP contribution in [0.3, 0.4) is 0 Å². The first-order valence-electron chi connectivity index (χ1n) is 10.9. The maximum Gasteiger partial charge on any atom is 0.312 e. The molecular weight excluding hydrogens is 404 g/mol. The second-order valence-electron chi connectivity index (χ2n) is 7.89. The lowest BCUT2D eigenvalue weighted by atomic mass is 9.90. The van der Waals surface area contributed by atoms with Gasteiger partial charge in [-0.1, -0.05) is 13.8 Å². The third-order valence-corrected chi connectivity index (χ3v) is 4.82. The van der Waals surface area contributed by atoms with E-state index in [9.17, 15) is 19.2 Å². The second kappa shape index (κ2) is 17.6. The standard InChI is InChI=1S/C21H40N4O6/c1-15(2)19(22)18(27)13-16(7-6-9-24-21(23)29)20(28)25-14-17(26)8-4-5-10-31-12-11-30-3/h15-16,19H,4-14,22H2,1-3H3,(H,25,28)(H3,23,24,29). The Labute approximate surface area is 185 Å². The Morgan fingerprint density at radius 1 is 0.968 bits per heavy atom. The van der Waals surface area contributed by atoms with E-state index >= 15 is 0 Å². The average molecular weight is 445 g/mol. The van der Waals surface area contributed by atoms with E-state index in [1.807, 2.05) is 13.8 Å². The second-order valence-corrected chi connectivity index (χ2v) is 7.89. The van der Waals surface area contributed by atoms with Crippen LogP contribution in [0.4, 0.5) is 4.79 Å². The summed E-state index contributed by atoms with van der Waals surface area (Å²) in [5.74, 6) is -1.29. The van der Waals surface area contributed by atoms with Crippen LogP contribution in [0.2, 0.25) is 0 Å². The molecule has 0 aromatic carbocycles.